The van der Waals surface area contributed by atoms with Gasteiger partial charge in [-0.05, 0) is 27.7 Å². The van der Waals surface area contributed by atoms with E-state index in [4.69, 9.17) is 0 Å². The number of aryl methyl sites for hydroxylation is 1. The molecule has 0 aromatic heterocycles. The minimum absolute atomic E-state index is 0. The van der Waals surface area contributed by atoms with Crippen LogP contribution in [0.4, 0.5) is 26.3 Å². The first-order valence-electron chi connectivity index (χ1n) is 12.3. The molecule has 218 valence electrons. The maximum absolute atomic E-state index is 13.0. The molecule has 6 heteroatoms. The van der Waals surface area contributed by atoms with Crippen molar-refractivity contribution in [1.29, 1.82) is 0 Å². The Morgan fingerprint density at radius 3 is 0.789 bits per heavy atom. The Bertz CT molecular complexity index is 984. The summed E-state index contributed by atoms with van der Waals surface area (Å²) in [7, 11) is 0. The zero-order valence-corrected chi connectivity index (χ0v) is 23.4. The van der Waals surface area contributed by atoms with Gasteiger partial charge in [-0.15, -0.1) is 0 Å². The molecule has 0 aliphatic heterocycles. The first kappa shape index (κ1) is 36.6. The van der Waals surface area contributed by atoms with Crippen LogP contribution in [0.5, 0.6) is 0 Å². The molecule has 0 unspecified atom stereocenters. The molecule has 0 nitrogen and oxygen atoms in total. The Morgan fingerprint density at radius 1 is 0.395 bits per heavy atom. The van der Waals surface area contributed by atoms with Crippen LogP contribution in [0.15, 0.2) is 84.9 Å². The van der Waals surface area contributed by atoms with Gasteiger partial charge in [0, 0.05) is 42.0 Å². The van der Waals surface area contributed by atoms with E-state index in [-0.39, 0.29) is 23.8 Å². The molecular formula is C32H48F6. The first-order valence-corrected chi connectivity index (χ1v) is 12.3. The van der Waals surface area contributed by atoms with Crippen molar-refractivity contribution in [2.24, 2.45) is 0 Å². The lowest BCUT2D eigenvalue weighted by Crippen LogP contribution is -2.01. The Kier molecular flexibility index (Phi) is 20.8. The summed E-state index contributed by atoms with van der Waals surface area (Å²) in [6, 6.07) is 24.1. The van der Waals surface area contributed by atoms with Gasteiger partial charge in [-0.3, -0.25) is 0 Å². The summed E-state index contributed by atoms with van der Waals surface area (Å²) < 4.78 is 74.7. The van der Waals surface area contributed by atoms with Gasteiger partial charge in [-0.25, -0.2) is 26.3 Å². The molecule has 0 aliphatic carbocycles. The largest absolute Gasteiger partial charge is 0.207 e. The molecule has 0 bridgehead atoms. The smallest absolute Gasteiger partial charge is 0.134 e. The molecule has 38 heavy (non-hydrogen) atoms. The summed E-state index contributed by atoms with van der Waals surface area (Å²) >= 11 is 0. The number of halogens is 6. The second-order valence-electron chi connectivity index (χ2n) is 7.21. The van der Waals surface area contributed by atoms with E-state index in [2.05, 4.69) is 19.1 Å². The quantitative estimate of drug-likeness (QED) is 0.192. The molecule has 0 aliphatic rings. The van der Waals surface area contributed by atoms with Gasteiger partial charge < -0.3 is 0 Å². The molecule has 0 saturated carbocycles. The molecule has 0 atom stereocenters. The van der Waals surface area contributed by atoms with E-state index in [0.717, 1.165) is 0 Å². The summed E-state index contributed by atoms with van der Waals surface area (Å²) in [5.41, 5.74) is 0.965. The van der Waals surface area contributed by atoms with Crippen molar-refractivity contribution in [3.8, 4) is 0 Å². The molecular weight excluding hydrogens is 498 g/mol. The van der Waals surface area contributed by atoms with Gasteiger partial charge >= 0.3 is 0 Å². The van der Waals surface area contributed by atoms with E-state index in [1.807, 2.05) is 82.3 Å². The molecule has 0 fully saturated rings. The van der Waals surface area contributed by atoms with Gasteiger partial charge in [0.1, 0.15) is 34.9 Å². The summed E-state index contributed by atoms with van der Waals surface area (Å²) in [6.45, 7) is 14.0. The summed E-state index contributed by atoms with van der Waals surface area (Å²) in [5, 5.41) is 0. The summed E-state index contributed by atoms with van der Waals surface area (Å²) in [6.07, 6.45) is 0. The van der Waals surface area contributed by atoms with E-state index in [0.29, 0.717) is 18.2 Å². The van der Waals surface area contributed by atoms with E-state index >= 15 is 0 Å². The normalized spacial score (nSPS) is 8.79. The number of hydrogen-bond acceptors (Lipinski definition) is 0. The molecule has 0 spiro atoms. The number of benzene rings is 4. The maximum atomic E-state index is 13.0. The Labute approximate surface area is 231 Å². The zero-order valence-electron chi connectivity index (χ0n) is 23.4. The maximum Gasteiger partial charge on any atom is 0.134 e. The number of rotatable bonds is 0. The van der Waals surface area contributed by atoms with Crippen molar-refractivity contribution in [2.45, 2.75) is 55.4 Å². The highest BCUT2D eigenvalue weighted by Crippen LogP contribution is 2.22. The number of hydrogen-bond donors (Lipinski definition) is 0. The Hall–Kier alpha value is -3.54. The molecule has 0 saturated heterocycles. The highest BCUT2D eigenvalue weighted by atomic mass is 19.2. The topological polar surface area (TPSA) is 0 Å². The standard InChI is InChI=1S/C9H9F3.C7H8.C6H3F3.C6H6.2C2H6.5H2/c1-4-7(10)5(2)9(12)6(3)8(4)11;1-7-5-3-2-4-6-7;7-4-1-5(8)3-6(9)2-4;1-2-4-6-5-3-1;2*1-2;;;;;/h1-3H3;2-6H,1H3;1-3H;1-6H;2*1-2H3;5*1H. The molecule has 0 radical (unpaired) electrons. The lowest BCUT2D eigenvalue weighted by molar-refractivity contribution is 0.512. The van der Waals surface area contributed by atoms with Crippen molar-refractivity contribution >= 4 is 0 Å². The third-order valence-electron chi connectivity index (χ3n) is 4.41. The van der Waals surface area contributed by atoms with Crippen LogP contribution < -0.4 is 0 Å². The average Bonchev–Trinajstić information content (AvgIpc) is 2.94. The summed E-state index contributed by atoms with van der Waals surface area (Å²) in [4.78, 5) is 0. The lowest BCUT2D eigenvalue weighted by atomic mass is 10.1. The van der Waals surface area contributed by atoms with Crippen molar-refractivity contribution in [3.05, 3.63) is 142 Å². The van der Waals surface area contributed by atoms with E-state index < -0.39 is 34.9 Å². The molecule has 0 N–H and O–H groups in total. The average molecular weight is 547 g/mol. The van der Waals surface area contributed by atoms with Crippen LogP contribution >= 0.6 is 0 Å². The third-order valence-corrected chi connectivity index (χ3v) is 4.41. The molecule has 4 rings (SSSR count). The first-order chi connectivity index (χ1) is 18.0. The summed E-state index contributed by atoms with van der Waals surface area (Å²) in [5.74, 6) is -5.07. The third kappa shape index (κ3) is 14.9. The van der Waals surface area contributed by atoms with Crippen molar-refractivity contribution < 1.29 is 33.5 Å². The predicted molar refractivity (Wildman–Crippen MR) is 158 cm³/mol. The van der Waals surface area contributed by atoms with Gasteiger partial charge in [0.05, 0.1) is 0 Å². The van der Waals surface area contributed by atoms with Gasteiger partial charge in [0.2, 0.25) is 0 Å². The van der Waals surface area contributed by atoms with E-state index in [9.17, 15) is 26.3 Å². The SMILES string of the molecule is CC.CC.Cc1c(F)c(C)c(F)c(C)c1F.Cc1ccccc1.Fc1cc(F)cc(F)c1.[HH].[HH].[HH].[HH].[HH].c1ccccc1. The van der Waals surface area contributed by atoms with Gasteiger partial charge in [-0.2, -0.15) is 0 Å². The van der Waals surface area contributed by atoms with Crippen molar-refractivity contribution in [1.82, 2.24) is 0 Å². The van der Waals surface area contributed by atoms with Crippen LogP contribution in [0.3, 0.4) is 0 Å². The molecule has 4 aromatic carbocycles. The molecule has 0 amide bonds. The van der Waals surface area contributed by atoms with Crippen LogP contribution in [0.1, 0.15) is 57.1 Å². The molecule has 4 aromatic rings. The minimum atomic E-state index is -0.896. The second kappa shape index (κ2) is 21.5. The fourth-order valence-corrected chi connectivity index (χ4v) is 2.57. The van der Waals surface area contributed by atoms with Crippen LogP contribution in [-0.4, -0.2) is 0 Å². The highest BCUT2D eigenvalue weighted by Gasteiger charge is 2.16. The van der Waals surface area contributed by atoms with Crippen LogP contribution in [0.2, 0.25) is 0 Å². The monoisotopic (exact) mass is 546 g/mol. The van der Waals surface area contributed by atoms with Crippen LogP contribution in [0.25, 0.3) is 0 Å². The fourth-order valence-electron chi connectivity index (χ4n) is 2.57. The lowest BCUT2D eigenvalue weighted by Gasteiger charge is -2.07. The van der Waals surface area contributed by atoms with Crippen LogP contribution in [0, 0.1) is 62.6 Å². The Balaban J connectivity index is -0.0000000761. The highest BCUT2D eigenvalue weighted by molar-refractivity contribution is 5.33. The van der Waals surface area contributed by atoms with Crippen molar-refractivity contribution in [2.75, 3.05) is 0 Å². The minimum Gasteiger partial charge on any atom is -0.207 e. The zero-order chi connectivity index (χ0) is 29.7. The predicted octanol–water partition coefficient (Wildman–Crippen LogP) is 12.1. The fraction of sp³-hybridized carbons (Fsp3) is 0.250. The van der Waals surface area contributed by atoms with E-state index in [1.54, 1.807) is 0 Å². The molecule has 0 heterocycles. The van der Waals surface area contributed by atoms with Crippen LogP contribution in [-0.2, 0) is 0 Å². The van der Waals surface area contributed by atoms with E-state index in [1.165, 1.54) is 26.3 Å². The van der Waals surface area contributed by atoms with Gasteiger partial charge in [-0.1, -0.05) is 100.0 Å². The van der Waals surface area contributed by atoms with Gasteiger partial charge in [0.15, 0.2) is 0 Å². The van der Waals surface area contributed by atoms with Crippen molar-refractivity contribution in [3.63, 3.8) is 0 Å². The van der Waals surface area contributed by atoms with Gasteiger partial charge in [0.25, 0.3) is 0 Å². The second-order valence-corrected chi connectivity index (χ2v) is 7.21. The Morgan fingerprint density at radius 2 is 0.605 bits per heavy atom.